The van der Waals surface area contributed by atoms with Gasteiger partial charge >= 0.3 is 5.97 Å². The van der Waals surface area contributed by atoms with Gasteiger partial charge in [0.1, 0.15) is 11.7 Å². The van der Waals surface area contributed by atoms with E-state index in [1.54, 1.807) is 11.9 Å². The molecule has 0 bridgehead atoms. The minimum atomic E-state index is -0.589. The van der Waals surface area contributed by atoms with Gasteiger partial charge in [-0.05, 0) is 43.7 Å². The Bertz CT molecular complexity index is 1400. The van der Waals surface area contributed by atoms with Gasteiger partial charge in [0.25, 0.3) is 5.56 Å². The zero-order valence-corrected chi connectivity index (χ0v) is 18.9. The Balaban J connectivity index is 1.79. The Kier molecular flexibility index (Phi) is 5.59. The van der Waals surface area contributed by atoms with E-state index in [0.29, 0.717) is 16.9 Å². The minimum absolute atomic E-state index is 0.0661. The molecule has 4 aromatic rings. The van der Waals surface area contributed by atoms with Crippen LogP contribution in [0.1, 0.15) is 35.3 Å². The molecule has 1 aliphatic rings. The topological polar surface area (TPSA) is 79.7 Å². The van der Waals surface area contributed by atoms with Gasteiger partial charge in [-0.1, -0.05) is 66.2 Å². The third-order valence-corrected chi connectivity index (χ3v) is 5.79. The summed E-state index contributed by atoms with van der Waals surface area (Å²) in [5.74, 6) is -0.589. The molecule has 0 saturated carbocycles. The first kappa shape index (κ1) is 21.5. The highest BCUT2D eigenvalue weighted by Crippen LogP contribution is 2.37. The molecule has 3 aromatic carbocycles. The number of H-pyrrole nitrogens is 1. The number of aromatic nitrogens is 2. The summed E-state index contributed by atoms with van der Waals surface area (Å²) in [5, 5.41) is 9.60. The van der Waals surface area contributed by atoms with E-state index in [4.69, 9.17) is 9.84 Å². The average Bonchev–Trinajstić information content (AvgIpc) is 3.22. The maximum atomic E-state index is 13.9. The maximum Gasteiger partial charge on any atom is 0.361 e. The van der Waals surface area contributed by atoms with Gasteiger partial charge in [0.2, 0.25) is 0 Å². The second-order valence-corrected chi connectivity index (χ2v) is 8.04. The number of para-hydroxylation sites is 1. The Labute approximate surface area is 196 Å². The molecule has 0 fully saturated rings. The molecule has 0 spiro atoms. The number of anilines is 1. The van der Waals surface area contributed by atoms with Crippen molar-refractivity contribution in [3.63, 3.8) is 0 Å². The SMILES string of the molecule is CCOC(=O)C1=NN(c2ccc(C)cc2)C(c2ccccc2)c2c1[nH]n(-c1ccccc1)c2=O. The number of nitrogens with zero attached hydrogens (tertiary/aromatic N) is 3. The zero-order valence-electron chi connectivity index (χ0n) is 18.9. The van der Waals surface area contributed by atoms with Gasteiger partial charge in [0.05, 0.1) is 23.5 Å². The van der Waals surface area contributed by atoms with Crippen LogP contribution in [0.5, 0.6) is 0 Å². The smallest absolute Gasteiger partial charge is 0.361 e. The summed E-state index contributed by atoms with van der Waals surface area (Å²) in [5.41, 5.74) is 4.03. The monoisotopic (exact) mass is 452 g/mol. The number of aryl methyl sites for hydroxylation is 1. The van der Waals surface area contributed by atoms with Gasteiger partial charge in [-0.25, -0.2) is 9.48 Å². The number of hydrogen-bond donors (Lipinski definition) is 1. The highest BCUT2D eigenvalue weighted by molar-refractivity contribution is 6.43. The summed E-state index contributed by atoms with van der Waals surface area (Å²) in [7, 11) is 0. The first-order valence-corrected chi connectivity index (χ1v) is 11.2. The molecule has 1 atom stereocenters. The molecule has 0 radical (unpaired) electrons. The fraction of sp³-hybridized carbons (Fsp3) is 0.148. The molecule has 1 unspecified atom stereocenters. The van der Waals surface area contributed by atoms with Gasteiger partial charge < -0.3 is 4.74 Å². The summed E-state index contributed by atoms with van der Waals surface area (Å²) < 4.78 is 6.76. The third-order valence-electron chi connectivity index (χ3n) is 5.79. The van der Waals surface area contributed by atoms with Crippen LogP contribution in [-0.4, -0.2) is 28.1 Å². The highest BCUT2D eigenvalue weighted by atomic mass is 16.5. The second-order valence-electron chi connectivity index (χ2n) is 8.04. The van der Waals surface area contributed by atoms with E-state index in [0.717, 1.165) is 16.8 Å². The first-order valence-electron chi connectivity index (χ1n) is 11.2. The van der Waals surface area contributed by atoms with Crippen LogP contribution >= 0.6 is 0 Å². The number of esters is 1. The van der Waals surface area contributed by atoms with Crippen LogP contribution in [0.15, 0.2) is 94.8 Å². The average molecular weight is 453 g/mol. The Morgan fingerprint density at radius 1 is 0.941 bits per heavy atom. The number of rotatable bonds is 5. The van der Waals surface area contributed by atoms with E-state index in [-0.39, 0.29) is 17.9 Å². The maximum absolute atomic E-state index is 13.9. The van der Waals surface area contributed by atoms with Crippen molar-refractivity contribution in [2.75, 3.05) is 11.6 Å². The van der Waals surface area contributed by atoms with Crippen molar-refractivity contribution in [2.45, 2.75) is 19.9 Å². The fourth-order valence-electron chi connectivity index (χ4n) is 4.17. The molecule has 2 heterocycles. The van der Waals surface area contributed by atoms with Crippen molar-refractivity contribution in [2.24, 2.45) is 5.10 Å². The van der Waals surface area contributed by atoms with Gasteiger partial charge in [-0.2, -0.15) is 5.10 Å². The standard InChI is InChI=1S/C27H24N4O3/c1-3-34-27(33)24-23-22(26(32)31(28-23)20-12-8-5-9-13-20)25(19-10-6-4-7-11-19)30(29-24)21-16-14-18(2)15-17-21/h4-17,25,28H,3H2,1-2H3. The van der Waals surface area contributed by atoms with Crippen LogP contribution < -0.4 is 10.6 Å². The van der Waals surface area contributed by atoms with Crippen molar-refractivity contribution < 1.29 is 9.53 Å². The predicted molar refractivity (Wildman–Crippen MR) is 132 cm³/mol. The van der Waals surface area contributed by atoms with Crippen LogP contribution in [0.25, 0.3) is 5.69 Å². The Morgan fingerprint density at radius 3 is 2.24 bits per heavy atom. The van der Waals surface area contributed by atoms with Crippen LogP contribution in [0.3, 0.4) is 0 Å². The lowest BCUT2D eigenvalue weighted by atomic mass is 9.94. The summed E-state index contributed by atoms with van der Waals surface area (Å²) in [6, 6.07) is 26.2. The van der Waals surface area contributed by atoms with Crippen molar-refractivity contribution in [1.82, 2.24) is 9.78 Å². The molecular weight excluding hydrogens is 428 g/mol. The fourth-order valence-corrected chi connectivity index (χ4v) is 4.17. The summed E-state index contributed by atoms with van der Waals surface area (Å²) >= 11 is 0. The molecule has 170 valence electrons. The number of benzene rings is 3. The number of carbonyl (C=O) groups is 1. The molecule has 0 amide bonds. The van der Waals surface area contributed by atoms with Crippen LogP contribution in [0, 0.1) is 6.92 Å². The summed E-state index contributed by atoms with van der Waals surface area (Å²) in [4.78, 5) is 26.8. The molecule has 34 heavy (non-hydrogen) atoms. The van der Waals surface area contributed by atoms with E-state index in [1.165, 1.54) is 4.68 Å². The molecule has 0 saturated heterocycles. The second kappa shape index (κ2) is 8.86. The van der Waals surface area contributed by atoms with E-state index in [9.17, 15) is 9.59 Å². The molecule has 1 N–H and O–H groups in total. The van der Waals surface area contributed by atoms with Crippen molar-refractivity contribution in [3.8, 4) is 5.69 Å². The normalized spacial score (nSPS) is 14.9. The lowest BCUT2D eigenvalue weighted by Crippen LogP contribution is -2.37. The van der Waals surface area contributed by atoms with Crippen molar-refractivity contribution in [1.29, 1.82) is 0 Å². The van der Waals surface area contributed by atoms with Crippen LogP contribution in [0.2, 0.25) is 0 Å². The number of aromatic amines is 1. The number of ether oxygens (including phenoxy) is 1. The molecule has 7 heteroatoms. The largest absolute Gasteiger partial charge is 0.461 e. The molecule has 0 aliphatic carbocycles. The zero-order chi connectivity index (χ0) is 23.7. The number of carbonyl (C=O) groups excluding carboxylic acids is 1. The quantitative estimate of drug-likeness (QED) is 0.457. The molecule has 7 nitrogen and oxygen atoms in total. The summed E-state index contributed by atoms with van der Waals surface area (Å²) in [6.07, 6.45) is 0. The number of fused-ring (bicyclic) bond motifs is 1. The number of nitrogens with one attached hydrogen (secondary N) is 1. The van der Waals surface area contributed by atoms with E-state index in [1.807, 2.05) is 91.9 Å². The lowest BCUT2D eigenvalue weighted by molar-refractivity contribution is -0.135. The van der Waals surface area contributed by atoms with Gasteiger partial charge in [-0.15, -0.1) is 0 Å². The molecule has 5 rings (SSSR count). The molecular formula is C27H24N4O3. The van der Waals surface area contributed by atoms with Crippen LogP contribution in [0.4, 0.5) is 5.69 Å². The number of hydrogen-bond acceptors (Lipinski definition) is 5. The number of hydrazone groups is 1. The first-order chi connectivity index (χ1) is 16.6. The van der Waals surface area contributed by atoms with Crippen molar-refractivity contribution in [3.05, 3.63) is 118 Å². The van der Waals surface area contributed by atoms with Crippen LogP contribution in [-0.2, 0) is 9.53 Å². The van der Waals surface area contributed by atoms with E-state index < -0.39 is 12.0 Å². The Morgan fingerprint density at radius 2 is 1.59 bits per heavy atom. The minimum Gasteiger partial charge on any atom is -0.461 e. The third kappa shape index (κ3) is 3.71. The predicted octanol–water partition coefficient (Wildman–Crippen LogP) is 4.35. The lowest BCUT2D eigenvalue weighted by Gasteiger charge is -2.33. The van der Waals surface area contributed by atoms with Crippen molar-refractivity contribution >= 4 is 17.4 Å². The highest BCUT2D eigenvalue weighted by Gasteiger charge is 2.39. The summed E-state index contributed by atoms with van der Waals surface area (Å²) in [6.45, 7) is 3.94. The van der Waals surface area contributed by atoms with E-state index in [2.05, 4.69) is 5.10 Å². The Hall–Kier alpha value is -4.39. The molecule has 1 aromatic heterocycles. The van der Waals surface area contributed by atoms with Gasteiger partial charge in [0.15, 0.2) is 5.71 Å². The van der Waals surface area contributed by atoms with E-state index >= 15 is 0 Å². The van der Waals surface area contributed by atoms with Gasteiger partial charge in [-0.3, -0.25) is 14.9 Å². The molecule has 1 aliphatic heterocycles. The van der Waals surface area contributed by atoms with Gasteiger partial charge in [0, 0.05) is 0 Å².